The van der Waals surface area contributed by atoms with Crippen molar-refractivity contribution in [3.63, 3.8) is 0 Å². The van der Waals surface area contributed by atoms with Gasteiger partial charge in [-0.15, -0.1) is 11.6 Å². The molecule has 3 rings (SSSR count). The fourth-order valence-electron chi connectivity index (χ4n) is 2.32. The van der Waals surface area contributed by atoms with Crippen LogP contribution < -0.4 is 5.32 Å². The van der Waals surface area contributed by atoms with Gasteiger partial charge in [0.15, 0.2) is 5.65 Å². The molecule has 0 saturated heterocycles. The lowest BCUT2D eigenvalue weighted by Gasteiger charge is -2.20. The van der Waals surface area contributed by atoms with Gasteiger partial charge in [0.1, 0.15) is 0 Å². The normalized spacial score (nSPS) is 11.7. The number of hydrogen-bond acceptors (Lipinski definition) is 3. The first-order chi connectivity index (χ1) is 11.4. The number of amides is 1. The number of carbonyl (C=O) groups excluding carboxylic acids is 1. The number of nitrogens with zero attached hydrogens (tertiary/aromatic N) is 3. The van der Waals surface area contributed by atoms with Gasteiger partial charge in [0, 0.05) is 11.3 Å². The van der Waals surface area contributed by atoms with Gasteiger partial charge in [-0.25, -0.2) is 9.67 Å². The summed E-state index contributed by atoms with van der Waals surface area (Å²) in [6.07, 6.45) is 1.64. The van der Waals surface area contributed by atoms with Crippen molar-refractivity contribution in [1.82, 2.24) is 14.8 Å². The molecule has 0 radical (unpaired) electrons. The number of fused-ring (bicyclic) bond motifs is 1. The van der Waals surface area contributed by atoms with E-state index in [0.717, 1.165) is 22.4 Å². The lowest BCUT2D eigenvalue weighted by molar-refractivity contribution is -0.122. The molecule has 1 N–H and O–H groups in total. The molecule has 0 unspecified atom stereocenters. The average molecular weight is 343 g/mol. The molecule has 0 aliphatic heterocycles. The zero-order valence-electron chi connectivity index (χ0n) is 13.9. The number of benzene rings is 1. The summed E-state index contributed by atoms with van der Waals surface area (Å²) in [5, 5.41) is 8.35. The van der Waals surface area contributed by atoms with Crippen LogP contribution in [0.3, 0.4) is 0 Å². The minimum absolute atomic E-state index is 0.133. The lowest BCUT2D eigenvalue weighted by atomic mass is 9.95. The van der Waals surface area contributed by atoms with Crippen LogP contribution in [-0.4, -0.2) is 26.6 Å². The van der Waals surface area contributed by atoms with Crippen molar-refractivity contribution in [3.8, 4) is 5.69 Å². The second-order valence-electron chi connectivity index (χ2n) is 6.40. The van der Waals surface area contributed by atoms with E-state index in [4.69, 9.17) is 11.6 Å². The van der Waals surface area contributed by atoms with E-state index in [1.165, 1.54) is 0 Å². The van der Waals surface area contributed by atoms with E-state index in [9.17, 15) is 4.79 Å². The highest BCUT2D eigenvalue weighted by atomic mass is 35.5. The number of aromatic nitrogens is 3. The maximum atomic E-state index is 12.3. The smallest absolute Gasteiger partial charge is 0.231 e. The maximum Gasteiger partial charge on any atom is 0.231 e. The SMILES string of the molecule is Cc1nn(-c2ccccc2)c2ncc(NC(=O)C(C)(C)CCl)cc12. The fourth-order valence-corrected chi connectivity index (χ4v) is 2.44. The Balaban J connectivity index is 1.99. The zero-order chi connectivity index (χ0) is 17.3. The molecule has 0 aliphatic rings. The largest absolute Gasteiger partial charge is 0.324 e. The third-order valence-corrected chi connectivity index (χ3v) is 4.58. The van der Waals surface area contributed by atoms with E-state index in [-0.39, 0.29) is 11.8 Å². The highest BCUT2D eigenvalue weighted by Gasteiger charge is 2.26. The second kappa shape index (κ2) is 6.24. The Morgan fingerprint density at radius 1 is 1.29 bits per heavy atom. The monoisotopic (exact) mass is 342 g/mol. The number of halogens is 1. The van der Waals surface area contributed by atoms with E-state index in [1.807, 2.05) is 43.3 Å². The minimum Gasteiger partial charge on any atom is -0.324 e. The number of nitrogens with one attached hydrogen (secondary N) is 1. The number of carbonyl (C=O) groups is 1. The van der Waals surface area contributed by atoms with Crippen molar-refractivity contribution in [3.05, 3.63) is 48.3 Å². The summed E-state index contributed by atoms with van der Waals surface area (Å²) >= 11 is 5.86. The first-order valence-corrected chi connectivity index (χ1v) is 8.24. The van der Waals surface area contributed by atoms with Gasteiger partial charge >= 0.3 is 0 Å². The van der Waals surface area contributed by atoms with Crippen molar-refractivity contribution in [2.75, 3.05) is 11.2 Å². The van der Waals surface area contributed by atoms with Gasteiger partial charge in [-0.2, -0.15) is 5.10 Å². The molecule has 0 atom stereocenters. The summed E-state index contributed by atoms with van der Waals surface area (Å²) < 4.78 is 1.80. The topological polar surface area (TPSA) is 59.8 Å². The van der Waals surface area contributed by atoms with E-state index >= 15 is 0 Å². The number of rotatable bonds is 4. The fraction of sp³-hybridized carbons (Fsp3) is 0.278. The average Bonchev–Trinajstić information content (AvgIpc) is 2.92. The van der Waals surface area contributed by atoms with Gasteiger partial charge in [0.25, 0.3) is 0 Å². The van der Waals surface area contributed by atoms with Gasteiger partial charge in [-0.3, -0.25) is 4.79 Å². The Morgan fingerprint density at radius 3 is 2.67 bits per heavy atom. The van der Waals surface area contributed by atoms with Crippen molar-refractivity contribution in [1.29, 1.82) is 0 Å². The number of anilines is 1. The van der Waals surface area contributed by atoms with E-state index in [1.54, 1.807) is 24.7 Å². The highest BCUT2D eigenvalue weighted by molar-refractivity contribution is 6.20. The van der Waals surface area contributed by atoms with E-state index < -0.39 is 5.41 Å². The maximum absolute atomic E-state index is 12.3. The molecule has 0 saturated carbocycles. The predicted molar refractivity (Wildman–Crippen MR) is 96.7 cm³/mol. The summed E-state index contributed by atoms with van der Waals surface area (Å²) in [5.41, 5.74) is 2.56. The summed E-state index contributed by atoms with van der Waals surface area (Å²) in [6, 6.07) is 11.7. The number of aryl methyl sites for hydroxylation is 1. The standard InChI is InChI=1S/C18H19ClN4O/c1-12-15-9-13(21-17(24)18(2,3)11-19)10-20-16(15)23(22-12)14-7-5-4-6-8-14/h4-10H,11H2,1-3H3,(H,21,24). The molecule has 2 heterocycles. The van der Waals surface area contributed by atoms with Gasteiger partial charge in [0.05, 0.1) is 28.7 Å². The van der Waals surface area contributed by atoms with Crippen molar-refractivity contribution >= 4 is 34.2 Å². The van der Waals surface area contributed by atoms with Crippen molar-refractivity contribution in [2.45, 2.75) is 20.8 Å². The molecule has 0 bridgehead atoms. The Labute approximate surface area is 145 Å². The van der Waals surface area contributed by atoms with Gasteiger partial charge < -0.3 is 5.32 Å². The number of pyridine rings is 1. The van der Waals surface area contributed by atoms with Crippen molar-refractivity contribution < 1.29 is 4.79 Å². The molecule has 0 aliphatic carbocycles. The zero-order valence-corrected chi connectivity index (χ0v) is 14.6. The first kappa shape index (κ1) is 16.5. The third kappa shape index (κ3) is 2.99. The molecule has 1 amide bonds. The molecule has 1 aromatic carbocycles. The van der Waals surface area contributed by atoms with Crippen LogP contribution in [0.5, 0.6) is 0 Å². The quantitative estimate of drug-likeness (QED) is 0.731. The lowest BCUT2D eigenvalue weighted by Crippen LogP contribution is -2.32. The summed E-state index contributed by atoms with van der Waals surface area (Å²) in [4.78, 5) is 16.8. The second-order valence-corrected chi connectivity index (χ2v) is 6.67. The minimum atomic E-state index is -0.639. The highest BCUT2D eigenvalue weighted by Crippen LogP contribution is 2.25. The van der Waals surface area contributed by atoms with Gasteiger partial charge in [-0.1, -0.05) is 18.2 Å². The van der Waals surface area contributed by atoms with Crippen LogP contribution in [0.2, 0.25) is 0 Å². The first-order valence-electron chi connectivity index (χ1n) is 7.70. The van der Waals surface area contributed by atoms with Crippen molar-refractivity contribution in [2.24, 2.45) is 5.41 Å². The Bertz CT molecular complexity index is 887. The number of hydrogen-bond donors (Lipinski definition) is 1. The number of para-hydroxylation sites is 1. The van der Waals surface area contributed by atoms with Crippen LogP contribution in [-0.2, 0) is 4.79 Å². The summed E-state index contributed by atoms with van der Waals surface area (Å²) in [6.45, 7) is 5.54. The number of alkyl halides is 1. The van der Waals surface area contributed by atoms with Crippen LogP contribution in [0, 0.1) is 12.3 Å². The molecular formula is C18H19ClN4O. The van der Waals surface area contributed by atoms with Crippen LogP contribution in [0.25, 0.3) is 16.7 Å². The summed E-state index contributed by atoms with van der Waals surface area (Å²) in [5.74, 6) is 0.117. The van der Waals surface area contributed by atoms with Crippen LogP contribution in [0.4, 0.5) is 5.69 Å². The van der Waals surface area contributed by atoms with Crippen LogP contribution in [0.1, 0.15) is 19.5 Å². The summed E-state index contributed by atoms with van der Waals surface area (Å²) in [7, 11) is 0. The molecule has 2 aromatic heterocycles. The van der Waals surface area contributed by atoms with E-state index in [2.05, 4.69) is 15.4 Å². The van der Waals surface area contributed by atoms with Crippen LogP contribution in [0.15, 0.2) is 42.6 Å². The molecule has 0 spiro atoms. The Morgan fingerprint density at radius 2 is 2.00 bits per heavy atom. The van der Waals surface area contributed by atoms with Crippen LogP contribution >= 0.6 is 11.6 Å². The molecule has 24 heavy (non-hydrogen) atoms. The van der Waals surface area contributed by atoms with Gasteiger partial charge in [0.2, 0.25) is 5.91 Å². The molecule has 124 valence electrons. The van der Waals surface area contributed by atoms with Gasteiger partial charge in [-0.05, 0) is 39.0 Å². The Kier molecular flexibility index (Phi) is 4.28. The van der Waals surface area contributed by atoms with E-state index in [0.29, 0.717) is 5.69 Å². The molecule has 6 heteroatoms. The molecule has 3 aromatic rings. The molecule has 0 fully saturated rings. The molecule has 5 nitrogen and oxygen atoms in total. The molecular weight excluding hydrogens is 324 g/mol. The third-order valence-electron chi connectivity index (χ3n) is 3.91. The Hall–Kier alpha value is -2.40. The predicted octanol–water partition coefficient (Wildman–Crippen LogP) is 3.93.